The van der Waals surface area contributed by atoms with Crippen molar-refractivity contribution in [3.63, 3.8) is 0 Å². The lowest BCUT2D eigenvalue weighted by atomic mass is 10.0. The molecular formula is C22H24N4O2. The molecule has 1 N–H and O–H groups in total. The van der Waals surface area contributed by atoms with Crippen molar-refractivity contribution in [2.24, 2.45) is 0 Å². The van der Waals surface area contributed by atoms with Crippen molar-refractivity contribution < 1.29 is 9.53 Å². The number of nitrogens with zero attached hydrogens (tertiary/aromatic N) is 3. The van der Waals surface area contributed by atoms with Crippen LogP contribution in [0, 0.1) is 0 Å². The first kappa shape index (κ1) is 19.4. The zero-order chi connectivity index (χ0) is 19.8. The van der Waals surface area contributed by atoms with Gasteiger partial charge in [-0.05, 0) is 35.3 Å². The third-order valence-corrected chi connectivity index (χ3v) is 4.19. The van der Waals surface area contributed by atoms with E-state index in [0.29, 0.717) is 30.5 Å². The quantitative estimate of drug-likeness (QED) is 0.600. The second-order valence-electron chi connectivity index (χ2n) is 6.68. The van der Waals surface area contributed by atoms with Crippen LogP contribution in [0.4, 0.5) is 5.69 Å². The molecule has 0 aliphatic heterocycles. The third kappa shape index (κ3) is 5.81. The number of hydrogen-bond acceptors (Lipinski definition) is 4. The average Bonchev–Trinajstić information content (AvgIpc) is 3.20. The fraction of sp³-hybridized carbons (Fsp3) is 0.227. The van der Waals surface area contributed by atoms with Crippen molar-refractivity contribution in [1.82, 2.24) is 14.8 Å². The Balaban J connectivity index is 1.51. The molecule has 0 saturated carbocycles. The number of aromatic nitrogens is 3. The monoisotopic (exact) mass is 376 g/mol. The minimum atomic E-state index is -0.187. The molecule has 0 fully saturated rings. The zero-order valence-electron chi connectivity index (χ0n) is 16.1. The van der Waals surface area contributed by atoms with Crippen LogP contribution in [0.25, 0.3) is 6.08 Å². The molecule has 144 valence electrons. The van der Waals surface area contributed by atoms with Crippen molar-refractivity contribution in [3.05, 3.63) is 78.4 Å². The Morgan fingerprint density at radius 1 is 1.21 bits per heavy atom. The lowest BCUT2D eigenvalue weighted by molar-refractivity contribution is -0.111. The predicted molar refractivity (Wildman–Crippen MR) is 110 cm³/mol. The second-order valence-corrected chi connectivity index (χ2v) is 6.68. The number of rotatable bonds is 8. The summed E-state index contributed by atoms with van der Waals surface area (Å²) < 4.78 is 7.40. The van der Waals surface area contributed by atoms with Gasteiger partial charge in [-0.2, -0.15) is 5.10 Å². The first-order valence-electron chi connectivity index (χ1n) is 9.24. The summed E-state index contributed by atoms with van der Waals surface area (Å²) in [6.07, 6.45) is 6.46. The van der Waals surface area contributed by atoms with E-state index in [1.807, 2.05) is 30.3 Å². The maximum absolute atomic E-state index is 12.2. The van der Waals surface area contributed by atoms with E-state index in [-0.39, 0.29) is 5.91 Å². The van der Waals surface area contributed by atoms with Gasteiger partial charge in [0.1, 0.15) is 25.0 Å². The summed E-state index contributed by atoms with van der Waals surface area (Å²) in [5.74, 6) is 0.992. The van der Waals surface area contributed by atoms with Crippen LogP contribution < -0.4 is 10.1 Å². The van der Waals surface area contributed by atoms with Crippen LogP contribution in [0.5, 0.6) is 5.75 Å². The molecule has 0 aliphatic rings. The van der Waals surface area contributed by atoms with Gasteiger partial charge in [0, 0.05) is 17.8 Å². The zero-order valence-corrected chi connectivity index (χ0v) is 16.1. The van der Waals surface area contributed by atoms with Crippen molar-refractivity contribution in [2.75, 3.05) is 11.9 Å². The Kier molecular flexibility index (Phi) is 6.57. The topological polar surface area (TPSA) is 69.0 Å². The molecule has 1 amide bonds. The van der Waals surface area contributed by atoms with Gasteiger partial charge < -0.3 is 10.1 Å². The van der Waals surface area contributed by atoms with Crippen LogP contribution in [-0.2, 0) is 11.3 Å². The van der Waals surface area contributed by atoms with Crippen LogP contribution in [0.2, 0.25) is 0 Å². The van der Waals surface area contributed by atoms with Gasteiger partial charge in [-0.25, -0.2) is 9.67 Å². The maximum atomic E-state index is 12.2. The van der Waals surface area contributed by atoms with E-state index in [0.717, 1.165) is 5.56 Å². The fourth-order valence-corrected chi connectivity index (χ4v) is 2.62. The Hall–Kier alpha value is -3.41. The molecular weight excluding hydrogens is 352 g/mol. The van der Waals surface area contributed by atoms with Gasteiger partial charge in [-0.1, -0.05) is 44.2 Å². The normalized spacial score (nSPS) is 11.1. The molecule has 3 aromatic rings. The predicted octanol–water partition coefficient (Wildman–Crippen LogP) is 4.13. The largest absolute Gasteiger partial charge is 0.492 e. The van der Waals surface area contributed by atoms with E-state index < -0.39 is 0 Å². The first-order chi connectivity index (χ1) is 13.6. The van der Waals surface area contributed by atoms with Gasteiger partial charge in [-0.3, -0.25) is 4.79 Å². The highest BCUT2D eigenvalue weighted by Gasteiger charge is 2.02. The molecule has 0 aliphatic carbocycles. The van der Waals surface area contributed by atoms with Gasteiger partial charge in [0.15, 0.2) is 0 Å². The van der Waals surface area contributed by atoms with E-state index in [2.05, 4.69) is 41.4 Å². The number of benzene rings is 2. The number of carbonyl (C=O) groups is 1. The number of amides is 1. The second kappa shape index (κ2) is 9.50. The van der Waals surface area contributed by atoms with E-state index in [9.17, 15) is 4.79 Å². The minimum Gasteiger partial charge on any atom is -0.492 e. The van der Waals surface area contributed by atoms with Crippen LogP contribution in [0.15, 0.2) is 67.3 Å². The van der Waals surface area contributed by atoms with Gasteiger partial charge in [0.25, 0.3) is 0 Å². The van der Waals surface area contributed by atoms with Crippen LogP contribution in [0.1, 0.15) is 30.9 Å². The molecule has 0 saturated heterocycles. The van der Waals surface area contributed by atoms with Crippen LogP contribution >= 0.6 is 0 Å². The molecule has 0 bridgehead atoms. The highest BCUT2D eigenvalue weighted by Crippen LogP contribution is 2.18. The summed E-state index contributed by atoms with van der Waals surface area (Å²) in [4.78, 5) is 16.1. The van der Waals surface area contributed by atoms with Crippen LogP contribution in [-0.4, -0.2) is 27.3 Å². The summed E-state index contributed by atoms with van der Waals surface area (Å²) in [7, 11) is 0. The lowest BCUT2D eigenvalue weighted by Crippen LogP contribution is -2.10. The fourth-order valence-electron chi connectivity index (χ4n) is 2.62. The molecule has 0 radical (unpaired) electrons. The number of hydrogen-bond donors (Lipinski definition) is 1. The average molecular weight is 376 g/mol. The van der Waals surface area contributed by atoms with E-state index in [1.54, 1.807) is 23.2 Å². The van der Waals surface area contributed by atoms with Crippen molar-refractivity contribution in [3.8, 4) is 5.75 Å². The molecule has 6 heteroatoms. The Morgan fingerprint density at radius 3 is 2.75 bits per heavy atom. The molecule has 2 aromatic carbocycles. The number of carbonyl (C=O) groups excluding carboxylic acids is 1. The van der Waals surface area contributed by atoms with Crippen molar-refractivity contribution in [2.45, 2.75) is 26.3 Å². The number of ether oxygens (including phenoxy) is 1. The summed E-state index contributed by atoms with van der Waals surface area (Å²) in [6.45, 7) is 5.39. The van der Waals surface area contributed by atoms with Gasteiger partial charge in [0.05, 0.1) is 6.54 Å². The molecule has 1 aromatic heterocycles. The van der Waals surface area contributed by atoms with Gasteiger partial charge in [-0.15, -0.1) is 0 Å². The Morgan fingerprint density at radius 2 is 2.04 bits per heavy atom. The van der Waals surface area contributed by atoms with Crippen LogP contribution in [0.3, 0.4) is 0 Å². The SMILES string of the molecule is CC(C)c1ccc(/C=C/C(=O)Nc2cccc(OCCn3cncn3)c2)cc1. The molecule has 0 unspecified atom stereocenters. The van der Waals surface area contributed by atoms with E-state index in [4.69, 9.17) is 4.74 Å². The highest BCUT2D eigenvalue weighted by atomic mass is 16.5. The van der Waals surface area contributed by atoms with E-state index in [1.165, 1.54) is 18.0 Å². The molecule has 3 rings (SSSR count). The lowest BCUT2D eigenvalue weighted by Gasteiger charge is -2.08. The standard InChI is InChI=1S/C22H24N4O2/c1-17(2)19-9-6-18(7-10-19)8-11-22(27)25-20-4-3-5-21(14-20)28-13-12-26-16-23-15-24-26/h3-11,14-17H,12-13H2,1-2H3,(H,25,27)/b11-8+. The Labute approximate surface area is 164 Å². The van der Waals surface area contributed by atoms with Gasteiger partial charge in [0.2, 0.25) is 5.91 Å². The van der Waals surface area contributed by atoms with Crippen molar-refractivity contribution >= 4 is 17.7 Å². The summed E-state index contributed by atoms with van der Waals surface area (Å²) in [5, 5.41) is 6.88. The van der Waals surface area contributed by atoms with E-state index >= 15 is 0 Å². The molecule has 1 heterocycles. The maximum Gasteiger partial charge on any atom is 0.248 e. The first-order valence-corrected chi connectivity index (χ1v) is 9.24. The molecule has 0 spiro atoms. The highest BCUT2D eigenvalue weighted by molar-refractivity contribution is 6.02. The molecule has 0 atom stereocenters. The smallest absolute Gasteiger partial charge is 0.248 e. The molecule has 6 nitrogen and oxygen atoms in total. The number of nitrogens with one attached hydrogen (secondary N) is 1. The van der Waals surface area contributed by atoms with Gasteiger partial charge >= 0.3 is 0 Å². The summed E-state index contributed by atoms with van der Waals surface area (Å²) >= 11 is 0. The Bertz CT molecular complexity index is 916. The summed E-state index contributed by atoms with van der Waals surface area (Å²) in [6, 6.07) is 15.5. The van der Waals surface area contributed by atoms with Crippen molar-refractivity contribution in [1.29, 1.82) is 0 Å². The molecule has 28 heavy (non-hydrogen) atoms. The number of anilines is 1. The third-order valence-electron chi connectivity index (χ3n) is 4.19. The minimum absolute atomic E-state index is 0.187. The summed E-state index contributed by atoms with van der Waals surface area (Å²) in [5.41, 5.74) is 2.95.